The van der Waals surface area contributed by atoms with Gasteiger partial charge in [0.15, 0.2) is 0 Å². The van der Waals surface area contributed by atoms with Gasteiger partial charge in [0.25, 0.3) is 0 Å². The first-order chi connectivity index (χ1) is 20.9. The van der Waals surface area contributed by atoms with Crippen LogP contribution in [-0.4, -0.2) is 49.5 Å². The van der Waals surface area contributed by atoms with E-state index in [1.807, 2.05) is 35.1 Å². The first kappa shape index (κ1) is 29.0. The minimum absolute atomic E-state index is 0.0242. The second-order valence-electron chi connectivity index (χ2n) is 10.7. The van der Waals surface area contributed by atoms with Crippen molar-refractivity contribution in [2.75, 3.05) is 25.0 Å². The molecule has 11 heteroatoms. The predicted octanol–water partition coefficient (Wildman–Crippen LogP) is 7.31. The molecule has 1 atom stereocenters. The average molecular weight is 616 g/mol. The van der Waals surface area contributed by atoms with Crippen LogP contribution in [0.15, 0.2) is 67.3 Å². The number of fused-ring (bicyclic) bond motifs is 1. The summed E-state index contributed by atoms with van der Waals surface area (Å²) in [7, 11) is 0. The second-order valence-corrected chi connectivity index (χ2v) is 11.5. The van der Waals surface area contributed by atoms with E-state index in [4.69, 9.17) is 23.2 Å². The predicted molar refractivity (Wildman–Crippen MR) is 166 cm³/mol. The standard InChI is InChI=1S/C32H29Cl2FN8/c1-2-42-10-7-24(8-11-42)43-19-30(40-41-43)25(21-4-3-9-37-17-21)12-20-13-26-31(39-23-5-6-29(35)27(33)15-23)22(16-36)18-38-32(26)28(34)14-20/h3-6,9,13-15,17-19,24-25H,2,7-8,10-12H2,1H3,(H,38,39)/t25-/m0/s1. The molecule has 0 aliphatic carbocycles. The van der Waals surface area contributed by atoms with Crippen LogP contribution in [0.5, 0.6) is 0 Å². The topological polar surface area (TPSA) is 95.6 Å². The molecular formula is C32H29Cl2FN8. The third-order valence-electron chi connectivity index (χ3n) is 8.08. The van der Waals surface area contributed by atoms with Crippen molar-refractivity contribution in [2.24, 2.45) is 0 Å². The minimum Gasteiger partial charge on any atom is -0.354 e. The third kappa shape index (κ3) is 6.18. The van der Waals surface area contributed by atoms with E-state index in [0.29, 0.717) is 45.3 Å². The minimum atomic E-state index is -0.526. The van der Waals surface area contributed by atoms with Crippen molar-refractivity contribution < 1.29 is 4.39 Å². The first-order valence-corrected chi connectivity index (χ1v) is 15.0. The van der Waals surface area contributed by atoms with Crippen molar-refractivity contribution in [2.45, 2.75) is 38.1 Å². The van der Waals surface area contributed by atoms with Gasteiger partial charge in [-0.2, -0.15) is 5.26 Å². The summed E-state index contributed by atoms with van der Waals surface area (Å²) in [6.07, 6.45) is 9.78. The van der Waals surface area contributed by atoms with Gasteiger partial charge >= 0.3 is 0 Å². The maximum absolute atomic E-state index is 13.8. The number of benzene rings is 2. The number of aromatic nitrogens is 5. The van der Waals surface area contributed by atoms with Gasteiger partial charge in [-0.05, 0) is 73.3 Å². The van der Waals surface area contributed by atoms with Crippen LogP contribution in [-0.2, 0) is 6.42 Å². The molecule has 1 aliphatic heterocycles. The fourth-order valence-electron chi connectivity index (χ4n) is 5.71. The lowest BCUT2D eigenvalue weighted by Gasteiger charge is -2.30. The van der Waals surface area contributed by atoms with Crippen molar-refractivity contribution in [1.82, 2.24) is 29.9 Å². The number of hydrogen-bond acceptors (Lipinski definition) is 7. The summed E-state index contributed by atoms with van der Waals surface area (Å²) in [4.78, 5) is 11.3. The SMILES string of the molecule is CCN1CCC(n2cc([C@@H](Cc3cc(Cl)c4ncc(C#N)c(Nc5ccc(F)c(Cl)c5)c4c3)c3cccnc3)nn2)CC1. The molecule has 2 aromatic carbocycles. The van der Waals surface area contributed by atoms with Gasteiger partial charge in [0.05, 0.1) is 38.5 Å². The smallest absolute Gasteiger partial charge is 0.141 e. The molecule has 4 heterocycles. The summed E-state index contributed by atoms with van der Waals surface area (Å²) >= 11 is 12.8. The van der Waals surface area contributed by atoms with Crippen LogP contribution in [0.4, 0.5) is 15.8 Å². The summed E-state index contributed by atoms with van der Waals surface area (Å²) in [6.45, 7) is 5.36. The van der Waals surface area contributed by atoms with E-state index in [9.17, 15) is 9.65 Å². The Morgan fingerprint density at radius 1 is 1.12 bits per heavy atom. The lowest BCUT2D eigenvalue weighted by atomic mass is 9.90. The Kier molecular flexibility index (Phi) is 8.52. The van der Waals surface area contributed by atoms with Crippen LogP contribution < -0.4 is 5.32 Å². The maximum atomic E-state index is 13.8. The van der Waals surface area contributed by atoms with Gasteiger partial charge in [0, 0.05) is 54.9 Å². The van der Waals surface area contributed by atoms with Crippen LogP contribution in [0.1, 0.15) is 54.1 Å². The second kappa shape index (κ2) is 12.6. The average Bonchev–Trinajstić information content (AvgIpc) is 3.52. The van der Waals surface area contributed by atoms with Crippen LogP contribution in [0.2, 0.25) is 10.0 Å². The highest BCUT2D eigenvalue weighted by atomic mass is 35.5. The van der Waals surface area contributed by atoms with Gasteiger partial charge in [-0.15, -0.1) is 5.10 Å². The molecule has 43 heavy (non-hydrogen) atoms. The Labute approximate surface area is 259 Å². The molecule has 0 bridgehead atoms. The molecule has 0 saturated carbocycles. The highest BCUT2D eigenvalue weighted by Crippen LogP contribution is 2.36. The van der Waals surface area contributed by atoms with Crippen molar-refractivity contribution in [3.63, 3.8) is 0 Å². The number of likely N-dealkylation sites (tertiary alicyclic amines) is 1. The summed E-state index contributed by atoms with van der Waals surface area (Å²) in [5.41, 5.74) is 4.70. The van der Waals surface area contributed by atoms with Crippen LogP contribution >= 0.6 is 23.2 Å². The number of anilines is 2. The number of pyridine rings is 2. The number of piperidine rings is 1. The van der Waals surface area contributed by atoms with Gasteiger partial charge in [-0.3, -0.25) is 9.97 Å². The Hall–Kier alpha value is -4.10. The van der Waals surface area contributed by atoms with Gasteiger partial charge in [-0.1, -0.05) is 41.4 Å². The zero-order valence-corrected chi connectivity index (χ0v) is 25.0. The van der Waals surface area contributed by atoms with Crippen LogP contribution in [0, 0.1) is 17.1 Å². The first-order valence-electron chi connectivity index (χ1n) is 14.2. The molecule has 3 aromatic heterocycles. The van der Waals surface area contributed by atoms with Gasteiger partial charge in [0.1, 0.15) is 11.9 Å². The Bertz CT molecular complexity index is 1800. The molecule has 1 fully saturated rings. The highest BCUT2D eigenvalue weighted by Gasteiger charge is 2.25. The van der Waals surface area contributed by atoms with Gasteiger partial charge < -0.3 is 10.2 Å². The number of halogens is 3. The van der Waals surface area contributed by atoms with Crippen LogP contribution in [0.25, 0.3) is 10.9 Å². The molecule has 0 spiro atoms. The zero-order chi connectivity index (χ0) is 29.9. The summed E-state index contributed by atoms with van der Waals surface area (Å²) in [5, 5.41) is 23.4. The van der Waals surface area contributed by atoms with E-state index in [2.05, 4.69) is 49.7 Å². The molecule has 1 aliphatic rings. The number of hydrogen-bond donors (Lipinski definition) is 1. The van der Waals surface area contributed by atoms with E-state index in [1.165, 1.54) is 18.3 Å². The van der Waals surface area contributed by atoms with Crippen molar-refractivity contribution in [1.29, 1.82) is 5.26 Å². The Morgan fingerprint density at radius 2 is 1.95 bits per heavy atom. The molecule has 8 nitrogen and oxygen atoms in total. The summed E-state index contributed by atoms with van der Waals surface area (Å²) < 4.78 is 15.8. The monoisotopic (exact) mass is 614 g/mol. The van der Waals surface area contributed by atoms with Gasteiger partial charge in [-0.25, -0.2) is 9.07 Å². The van der Waals surface area contributed by atoms with Crippen LogP contribution in [0.3, 0.4) is 0 Å². The number of nitriles is 1. The zero-order valence-electron chi connectivity index (χ0n) is 23.5. The molecule has 6 rings (SSSR count). The molecule has 5 aromatic rings. The Balaban J connectivity index is 1.37. The number of rotatable bonds is 8. The van der Waals surface area contributed by atoms with E-state index in [-0.39, 0.29) is 10.9 Å². The lowest BCUT2D eigenvalue weighted by molar-refractivity contribution is 0.186. The fraction of sp³-hybridized carbons (Fsp3) is 0.281. The quantitative estimate of drug-likeness (QED) is 0.196. The molecule has 0 amide bonds. The lowest BCUT2D eigenvalue weighted by Crippen LogP contribution is -2.34. The maximum Gasteiger partial charge on any atom is 0.141 e. The Morgan fingerprint density at radius 3 is 2.67 bits per heavy atom. The molecule has 0 unspecified atom stereocenters. The number of nitrogens with zero attached hydrogens (tertiary/aromatic N) is 7. The molecule has 218 valence electrons. The van der Waals surface area contributed by atoms with Gasteiger partial charge in [0.2, 0.25) is 0 Å². The normalized spacial score (nSPS) is 15.0. The van der Waals surface area contributed by atoms with Crippen molar-refractivity contribution >= 4 is 45.5 Å². The molecule has 0 radical (unpaired) electrons. The summed E-state index contributed by atoms with van der Waals surface area (Å²) in [6, 6.07) is 14.7. The van der Waals surface area contributed by atoms with E-state index in [1.54, 1.807) is 12.3 Å². The molecule has 1 saturated heterocycles. The summed E-state index contributed by atoms with van der Waals surface area (Å²) in [5.74, 6) is -0.659. The molecule has 1 N–H and O–H groups in total. The number of nitrogens with one attached hydrogen (secondary N) is 1. The largest absolute Gasteiger partial charge is 0.354 e. The molecular weight excluding hydrogens is 586 g/mol. The highest BCUT2D eigenvalue weighted by molar-refractivity contribution is 6.35. The fourth-order valence-corrected chi connectivity index (χ4v) is 6.18. The van der Waals surface area contributed by atoms with Crippen molar-refractivity contribution in [3.05, 3.63) is 105 Å². The van der Waals surface area contributed by atoms with E-state index in [0.717, 1.165) is 49.3 Å². The van der Waals surface area contributed by atoms with E-state index >= 15 is 0 Å². The van der Waals surface area contributed by atoms with E-state index < -0.39 is 5.82 Å². The third-order valence-corrected chi connectivity index (χ3v) is 8.66. The van der Waals surface area contributed by atoms with Crippen molar-refractivity contribution in [3.8, 4) is 6.07 Å².